The highest BCUT2D eigenvalue weighted by Gasteiger charge is 2.06. The summed E-state index contributed by atoms with van der Waals surface area (Å²) in [7, 11) is 0. The number of thiophene rings is 1. The van der Waals surface area contributed by atoms with Gasteiger partial charge in [-0.3, -0.25) is 4.79 Å². The molecular weight excluding hydrogens is 148 g/mol. The molecule has 0 unspecified atom stereocenters. The summed E-state index contributed by atoms with van der Waals surface area (Å²) >= 11 is 1.34. The maximum absolute atomic E-state index is 10.8. The highest BCUT2D eigenvalue weighted by Crippen LogP contribution is 2.17. The zero-order chi connectivity index (χ0) is 7.56. The van der Waals surface area contributed by atoms with E-state index in [0.29, 0.717) is 10.4 Å². The van der Waals surface area contributed by atoms with Crippen molar-refractivity contribution in [3.8, 4) is 0 Å². The molecule has 0 fully saturated rings. The Labute approximate surface area is 63.1 Å². The Balaban J connectivity index is 3.01. The van der Waals surface area contributed by atoms with Gasteiger partial charge in [0.2, 0.25) is 0 Å². The van der Waals surface area contributed by atoms with Crippen LogP contribution in [0.3, 0.4) is 0 Å². The monoisotopic (exact) mass is 155 g/mol. The van der Waals surface area contributed by atoms with Gasteiger partial charge in [0.25, 0.3) is 0 Å². The van der Waals surface area contributed by atoms with Gasteiger partial charge in [0, 0.05) is 5.56 Å². The number of hydrogen-bond donors (Lipinski definition) is 1. The minimum Gasteiger partial charge on any atom is -0.385 e. The number of aliphatic hydroxyl groups is 1. The lowest BCUT2D eigenvalue weighted by molar-refractivity contribution is 0.102. The second kappa shape index (κ2) is 2.94. The molecule has 1 aromatic rings. The van der Waals surface area contributed by atoms with E-state index in [1.165, 1.54) is 18.3 Å². The van der Waals surface area contributed by atoms with E-state index in [9.17, 15) is 4.79 Å². The van der Waals surface area contributed by atoms with E-state index in [1.807, 2.05) is 0 Å². The lowest BCUT2D eigenvalue weighted by Crippen LogP contribution is -1.91. The molecule has 0 spiro atoms. The molecule has 1 heterocycles. The van der Waals surface area contributed by atoms with Crippen molar-refractivity contribution >= 4 is 17.1 Å². The third-order valence-corrected chi connectivity index (χ3v) is 2.19. The van der Waals surface area contributed by atoms with E-state index in [2.05, 4.69) is 0 Å². The van der Waals surface area contributed by atoms with Gasteiger partial charge in [0.05, 0.1) is 4.88 Å². The van der Waals surface area contributed by atoms with E-state index in [1.54, 1.807) is 11.4 Å². The third kappa shape index (κ3) is 1.25. The number of carbonyl (C=O) groups excluding carboxylic acids is 1. The summed E-state index contributed by atoms with van der Waals surface area (Å²) in [6.07, 6.45) is 0. The largest absolute Gasteiger partial charge is 0.385 e. The van der Waals surface area contributed by atoms with Gasteiger partial charge < -0.3 is 5.11 Å². The van der Waals surface area contributed by atoms with Crippen LogP contribution in [0.5, 0.6) is 0 Å². The molecule has 0 bridgehead atoms. The van der Waals surface area contributed by atoms with Crippen molar-refractivity contribution in [1.29, 1.82) is 0 Å². The molecule has 0 aromatic carbocycles. The predicted octanol–water partition coefficient (Wildman–Crippen LogP) is 1.83. The van der Waals surface area contributed by atoms with Gasteiger partial charge in [0.1, 0.15) is 6.61 Å². The van der Waals surface area contributed by atoms with Gasteiger partial charge in [-0.25, -0.2) is 0 Å². The number of carbonyl (C=O) groups is 1. The average molecular weight is 155 g/mol. The molecule has 10 heavy (non-hydrogen) atoms. The second-order valence-corrected chi connectivity index (χ2v) is 2.81. The van der Waals surface area contributed by atoms with Gasteiger partial charge in [-0.05, 0) is 18.4 Å². The molecule has 0 amide bonds. The lowest BCUT2D eigenvalue weighted by Gasteiger charge is -1.91. The molecule has 3 heteroatoms. The van der Waals surface area contributed by atoms with Crippen LogP contribution in [0.4, 0.5) is 0 Å². The Morgan fingerprint density at radius 1 is 1.80 bits per heavy atom. The van der Waals surface area contributed by atoms with Crippen LogP contribution in [0.15, 0.2) is 11.4 Å². The maximum atomic E-state index is 10.8. The van der Waals surface area contributed by atoms with Crippen molar-refractivity contribution in [3.63, 3.8) is 0 Å². The van der Waals surface area contributed by atoms with Crippen LogP contribution in [-0.4, -0.2) is 10.9 Å². The first-order valence-electron chi connectivity index (χ1n) is 2.81. The summed E-state index contributed by atoms with van der Waals surface area (Å²) in [6, 6.07) is 1.71. The number of hydrogen-bond acceptors (Lipinski definition) is 3. The molecular formula is C7H7O2S. The first-order valence-corrected chi connectivity index (χ1v) is 3.69. The topological polar surface area (TPSA) is 37.3 Å². The van der Waals surface area contributed by atoms with Crippen LogP contribution in [0.25, 0.3) is 0 Å². The molecule has 1 radical (unpaired) electrons. The van der Waals surface area contributed by atoms with Crippen LogP contribution in [-0.2, 0) is 0 Å². The zero-order valence-corrected chi connectivity index (χ0v) is 6.31. The van der Waals surface area contributed by atoms with Gasteiger partial charge in [-0.1, -0.05) is 0 Å². The van der Waals surface area contributed by atoms with Crippen molar-refractivity contribution in [2.45, 2.75) is 6.92 Å². The highest BCUT2D eigenvalue weighted by atomic mass is 32.1. The van der Waals surface area contributed by atoms with Crippen LogP contribution in [0.1, 0.15) is 22.2 Å². The Morgan fingerprint density at radius 3 is 2.90 bits per heavy atom. The van der Waals surface area contributed by atoms with E-state index in [0.717, 1.165) is 6.61 Å². The van der Waals surface area contributed by atoms with Crippen LogP contribution >= 0.6 is 11.3 Å². The quantitative estimate of drug-likeness (QED) is 0.661. The fraction of sp³-hybridized carbons (Fsp3) is 0.143. The molecule has 2 nitrogen and oxygen atoms in total. The van der Waals surface area contributed by atoms with Crippen molar-refractivity contribution in [2.24, 2.45) is 0 Å². The summed E-state index contributed by atoms with van der Waals surface area (Å²) in [4.78, 5) is 11.4. The fourth-order valence-electron chi connectivity index (χ4n) is 0.707. The van der Waals surface area contributed by atoms with E-state index < -0.39 is 0 Å². The number of Topliss-reactive ketones (excluding diaryl/α,β-unsaturated/α-hetero) is 1. The smallest absolute Gasteiger partial charge is 0.170 e. The number of rotatable bonds is 2. The SMILES string of the molecule is CC(=O)c1sccc1[CH]O. The van der Waals surface area contributed by atoms with Crippen LogP contribution < -0.4 is 0 Å². The minimum absolute atomic E-state index is 0.00435. The van der Waals surface area contributed by atoms with Crippen LogP contribution in [0, 0.1) is 6.61 Å². The molecule has 0 aliphatic rings. The predicted molar refractivity (Wildman–Crippen MR) is 39.7 cm³/mol. The molecule has 1 aromatic heterocycles. The molecule has 53 valence electrons. The van der Waals surface area contributed by atoms with Crippen molar-refractivity contribution in [3.05, 3.63) is 28.5 Å². The van der Waals surface area contributed by atoms with Gasteiger partial charge in [0.15, 0.2) is 5.78 Å². The Bertz CT molecular complexity index is 240. The Hall–Kier alpha value is -0.670. The maximum Gasteiger partial charge on any atom is 0.170 e. The highest BCUT2D eigenvalue weighted by molar-refractivity contribution is 7.12. The van der Waals surface area contributed by atoms with Crippen molar-refractivity contribution < 1.29 is 9.90 Å². The summed E-state index contributed by atoms with van der Waals surface area (Å²) in [5.41, 5.74) is 0.609. The molecule has 0 aliphatic carbocycles. The molecule has 0 aliphatic heterocycles. The lowest BCUT2D eigenvalue weighted by atomic mass is 10.2. The van der Waals surface area contributed by atoms with E-state index in [4.69, 9.17) is 5.11 Å². The van der Waals surface area contributed by atoms with Gasteiger partial charge >= 0.3 is 0 Å². The molecule has 0 saturated carbocycles. The zero-order valence-electron chi connectivity index (χ0n) is 5.50. The normalized spacial score (nSPS) is 9.80. The summed E-state index contributed by atoms with van der Waals surface area (Å²) in [6.45, 7) is 2.44. The van der Waals surface area contributed by atoms with Crippen molar-refractivity contribution in [1.82, 2.24) is 0 Å². The second-order valence-electron chi connectivity index (χ2n) is 1.89. The first kappa shape index (κ1) is 7.44. The summed E-state index contributed by atoms with van der Waals surface area (Å²) < 4.78 is 0. The molecule has 1 rings (SSSR count). The standard InChI is InChI=1S/C7H7O2S/c1-5(9)7-6(4-8)2-3-10-7/h2-4,8H,1H3. The van der Waals surface area contributed by atoms with Crippen LogP contribution in [0.2, 0.25) is 0 Å². The molecule has 0 saturated heterocycles. The van der Waals surface area contributed by atoms with E-state index in [-0.39, 0.29) is 5.78 Å². The fourth-order valence-corrected chi connectivity index (χ4v) is 1.48. The Morgan fingerprint density at radius 2 is 2.50 bits per heavy atom. The summed E-state index contributed by atoms with van der Waals surface area (Å²) in [5.74, 6) is -0.00435. The molecule has 0 atom stereocenters. The van der Waals surface area contributed by atoms with Gasteiger partial charge in [-0.15, -0.1) is 11.3 Å². The van der Waals surface area contributed by atoms with E-state index >= 15 is 0 Å². The first-order chi connectivity index (χ1) is 4.75. The minimum atomic E-state index is -0.00435. The molecule has 1 N–H and O–H groups in total. The number of ketones is 1. The number of aliphatic hydroxyl groups excluding tert-OH is 1. The van der Waals surface area contributed by atoms with Gasteiger partial charge in [-0.2, -0.15) is 0 Å². The van der Waals surface area contributed by atoms with Crippen molar-refractivity contribution in [2.75, 3.05) is 0 Å². The average Bonchev–Trinajstić information content (AvgIpc) is 2.33. The summed E-state index contributed by atoms with van der Waals surface area (Å²) in [5, 5.41) is 10.4. The Kier molecular flexibility index (Phi) is 2.19. The third-order valence-electron chi connectivity index (χ3n) is 1.15.